The van der Waals surface area contributed by atoms with E-state index >= 15 is 0 Å². The van der Waals surface area contributed by atoms with Crippen molar-refractivity contribution < 1.29 is 9.90 Å². The molecule has 1 amide bonds. The Hall–Kier alpha value is -1.84. The quantitative estimate of drug-likeness (QED) is 0.788. The number of aromatic hydroxyl groups is 1. The average molecular weight is 246 g/mol. The first kappa shape index (κ1) is 12.6. The Morgan fingerprint density at radius 2 is 2.11 bits per heavy atom. The molecule has 2 N–H and O–H groups in total. The summed E-state index contributed by atoms with van der Waals surface area (Å²) in [5, 5.41) is 13.3. The molecule has 0 aliphatic heterocycles. The highest BCUT2D eigenvalue weighted by molar-refractivity contribution is 5.95. The number of rotatable bonds is 2. The van der Waals surface area contributed by atoms with E-state index in [1.54, 1.807) is 12.1 Å². The third-order valence-corrected chi connectivity index (χ3v) is 3.19. The van der Waals surface area contributed by atoms with Gasteiger partial charge < -0.3 is 5.11 Å². The topological polar surface area (TPSA) is 61.7 Å². The van der Waals surface area contributed by atoms with E-state index in [1.807, 2.05) is 0 Å². The SMILES string of the molecule is C[C@H]1CCC/C(=N\NC(=O)c2ccc(O)cc2)C1. The molecule has 0 radical (unpaired) electrons. The van der Waals surface area contributed by atoms with Crippen LogP contribution in [0.5, 0.6) is 5.75 Å². The van der Waals surface area contributed by atoms with Crippen molar-refractivity contribution in [3.05, 3.63) is 29.8 Å². The van der Waals surface area contributed by atoms with Crippen LogP contribution < -0.4 is 5.43 Å². The highest BCUT2D eigenvalue weighted by Gasteiger charge is 2.14. The van der Waals surface area contributed by atoms with Gasteiger partial charge >= 0.3 is 0 Å². The second-order valence-corrected chi connectivity index (χ2v) is 4.87. The van der Waals surface area contributed by atoms with Crippen molar-refractivity contribution in [2.75, 3.05) is 0 Å². The van der Waals surface area contributed by atoms with Gasteiger partial charge in [-0.15, -0.1) is 0 Å². The lowest BCUT2D eigenvalue weighted by Crippen LogP contribution is -2.22. The first-order valence-corrected chi connectivity index (χ1v) is 6.30. The van der Waals surface area contributed by atoms with Crippen molar-refractivity contribution in [3.63, 3.8) is 0 Å². The fourth-order valence-corrected chi connectivity index (χ4v) is 2.17. The molecular weight excluding hydrogens is 228 g/mol. The molecule has 0 unspecified atom stereocenters. The maximum atomic E-state index is 11.8. The number of nitrogens with zero attached hydrogens (tertiary/aromatic N) is 1. The van der Waals surface area contributed by atoms with Gasteiger partial charge in [0.25, 0.3) is 5.91 Å². The largest absolute Gasteiger partial charge is 0.508 e. The molecule has 1 saturated carbocycles. The number of benzene rings is 1. The van der Waals surface area contributed by atoms with Crippen LogP contribution in [-0.2, 0) is 0 Å². The van der Waals surface area contributed by atoms with E-state index in [-0.39, 0.29) is 11.7 Å². The minimum atomic E-state index is -0.235. The summed E-state index contributed by atoms with van der Waals surface area (Å²) in [6.07, 6.45) is 4.33. The van der Waals surface area contributed by atoms with Gasteiger partial charge in [0.15, 0.2) is 0 Å². The van der Waals surface area contributed by atoms with Crippen LogP contribution in [0.3, 0.4) is 0 Å². The van der Waals surface area contributed by atoms with E-state index in [1.165, 1.54) is 18.6 Å². The fraction of sp³-hybridized carbons (Fsp3) is 0.429. The van der Waals surface area contributed by atoms with Gasteiger partial charge in [-0.2, -0.15) is 5.10 Å². The predicted molar refractivity (Wildman–Crippen MR) is 70.6 cm³/mol. The van der Waals surface area contributed by atoms with Gasteiger partial charge in [0, 0.05) is 11.3 Å². The number of phenolic OH excluding ortho intramolecular Hbond substituents is 1. The normalized spacial score (nSPS) is 21.8. The molecule has 1 aromatic carbocycles. The van der Waals surface area contributed by atoms with Gasteiger partial charge in [0.05, 0.1) is 0 Å². The number of carbonyl (C=O) groups excluding carboxylic acids is 1. The Labute approximate surface area is 107 Å². The standard InChI is InChI=1S/C14H18N2O2/c1-10-3-2-4-12(9-10)15-16-14(18)11-5-7-13(17)8-6-11/h5-8,10,17H,2-4,9H2,1H3,(H,16,18)/b15-12+/t10-/m0/s1. The predicted octanol–water partition coefficient (Wildman–Crippen LogP) is 2.69. The zero-order valence-corrected chi connectivity index (χ0v) is 10.5. The minimum absolute atomic E-state index is 0.152. The first-order chi connectivity index (χ1) is 8.65. The van der Waals surface area contributed by atoms with Crippen LogP contribution in [0, 0.1) is 5.92 Å². The molecule has 0 spiro atoms. The maximum Gasteiger partial charge on any atom is 0.271 e. The summed E-state index contributed by atoms with van der Waals surface area (Å²) in [5.41, 5.74) is 4.15. The summed E-state index contributed by atoms with van der Waals surface area (Å²) >= 11 is 0. The summed E-state index contributed by atoms with van der Waals surface area (Å²) in [6.45, 7) is 2.20. The third kappa shape index (κ3) is 3.32. The van der Waals surface area contributed by atoms with Crippen molar-refractivity contribution in [1.29, 1.82) is 0 Å². The van der Waals surface area contributed by atoms with E-state index < -0.39 is 0 Å². The molecule has 1 aromatic rings. The zero-order valence-electron chi connectivity index (χ0n) is 10.5. The van der Waals surface area contributed by atoms with Gasteiger partial charge in [-0.3, -0.25) is 4.79 Å². The van der Waals surface area contributed by atoms with Crippen LogP contribution >= 0.6 is 0 Å². The molecule has 0 heterocycles. The van der Waals surface area contributed by atoms with Crippen LogP contribution in [0.1, 0.15) is 43.0 Å². The van der Waals surface area contributed by atoms with Crippen molar-refractivity contribution in [1.82, 2.24) is 5.43 Å². The summed E-state index contributed by atoms with van der Waals surface area (Å²) < 4.78 is 0. The van der Waals surface area contributed by atoms with Gasteiger partial charge in [-0.05, 0) is 55.9 Å². The summed E-state index contributed by atoms with van der Waals surface area (Å²) in [4.78, 5) is 11.8. The Morgan fingerprint density at radius 3 is 2.78 bits per heavy atom. The van der Waals surface area contributed by atoms with Gasteiger partial charge in [0.1, 0.15) is 5.75 Å². The molecule has 1 fully saturated rings. The van der Waals surface area contributed by atoms with Crippen LogP contribution in [0.2, 0.25) is 0 Å². The fourth-order valence-electron chi connectivity index (χ4n) is 2.17. The highest BCUT2D eigenvalue weighted by Crippen LogP contribution is 2.21. The molecule has 0 bridgehead atoms. The van der Waals surface area contributed by atoms with Crippen molar-refractivity contribution in [2.45, 2.75) is 32.6 Å². The molecule has 18 heavy (non-hydrogen) atoms. The smallest absolute Gasteiger partial charge is 0.271 e. The van der Waals surface area contributed by atoms with Crippen molar-refractivity contribution in [3.8, 4) is 5.75 Å². The highest BCUT2D eigenvalue weighted by atomic mass is 16.3. The molecule has 0 aromatic heterocycles. The summed E-state index contributed by atoms with van der Waals surface area (Å²) in [6, 6.07) is 6.14. The Bertz CT molecular complexity index is 451. The Morgan fingerprint density at radius 1 is 1.39 bits per heavy atom. The second-order valence-electron chi connectivity index (χ2n) is 4.87. The molecule has 0 saturated heterocycles. The van der Waals surface area contributed by atoms with E-state index in [4.69, 9.17) is 5.11 Å². The Kier molecular flexibility index (Phi) is 3.97. The lowest BCUT2D eigenvalue weighted by Gasteiger charge is -2.18. The van der Waals surface area contributed by atoms with Crippen LogP contribution in [0.4, 0.5) is 0 Å². The van der Waals surface area contributed by atoms with Gasteiger partial charge in [-0.25, -0.2) is 5.43 Å². The van der Waals surface area contributed by atoms with E-state index in [9.17, 15) is 4.79 Å². The monoisotopic (exact) mass is 246 g/mol. The molecule has 4 heteroatoms. The van der Waals surface area contributed by atoms with E-state index in [0.717, 1.165) is 25.0 Å². The van der Waals surface area contributed by atoms with Crippen LogP contribution in [0.15, 0.2) is 29.4 Å². The number of nitrogens with one attached hydrogen (secondary N) is 1. The number of hydrazone groups is 1. The molecular formula is C14H18N2O2. The second kappa shape index (κ2) is 5.67. The summed E-state index contributed by atoms with van der Waals surface area (Å²) in [5.74, 6) is 0.572. The Balaban J connectivity index is 1.95. The molecule has 1 atom stereocenters. The number of carbonyl (C=O) groups is 1. The van der Waals surface area contributed by atoms with E-state index in [2.05, 4.69) is 17.5 Å². The minimum Gasteiger partial charge on any atom is -0.508 e. The molecule has 4 nitrogen and oxygen atoms in total. The third-order valence-electron chi connectivity index (χ3n) is 3.19. The van der Waals surface area contributed by atoms with Crippen molar-refractivity contribution >= 4 is 11.6 Å². The van der Waals surface area contributed by atoms with Gasteiger partial charge in [-0.1, -0.05) is 6.92 Å². The number of hydrogen-bond acceptors (Lipinski definition) is 3. The summed E-state index contributed by atoms with van der Waals surface area (Å²) in [7, 11) is 0. The van der Waals surface area contributed by atoms with Gasteiger partial charge in [0.2, 0.25) is 0 Å². The van der Waals surface area contributed by atoms with Crippen molar-refractivity contribution in [2.24, 2.45) is 11.0 Å². The molecule has 1 aliphatic rings. The van der Waals surface area contributed by atoms with Crippen LogP contribution in [0.25, 0.3) is 0 Å². The molecule has 1 aliphatic carbocycles. The molecule has 2 rings (SSSR count). The lowest BCUT2D eigenvalue weighted by atomic mass is 9.89. The number of phenols is 1. The van der Waals surface area contributed by atoms with Crippen LogP contribution in [-0.4, -0.2) is 16.7 Å². The number of hydrogen-bond donors (Lipinski definition) is 2. The zero-order chi connectivity index (χ0) is 13.0. The lowest BCUT2D eigenvalue weighted by molar-refractivity contribution is 0.0954. The average Bonchev–Trinajstić information content (AvgIpc) is 2.37. The maximum absolute atomic E-state index is 11.8. The number of amides is 1. The van der Waals surface area contributed by atoms with E-state index in [0.29, 0.717) is 11.5 Å². The molecule has 96 valence electrons. The first-order valence-electron chi connectivity index (χ1n) is 6.30.